The highest BCUT2D eigenvalue weighted by atomic mass is 16.5. The average Bonchev–Trinajstić information content (AvgIpc) is 3.10. The van der Waals surface area contributed by atoms with Crippen LogP contribution in [0.5, 0.6) is 0 Å². The second-order valence-electron chi connectivity index (χ2n) is 4.07. The molecule has 1 saturated carbocycles. The molecular weight excluding hydrogens is 204 g/mol. The van der Waals surface area contributed by atoms with Crippen molar-refractivity contribution in [3.63, 3.8) is 0 Å². The zero-order valence-electron chi connectivity index (χ0n) is 9.23. The van der Waals surface area contributed by atoms with Gasteiger partial charge in [-0.25, -0.2) is 4.79 Å². The molecule has 2 rings (SSSR count). The van der Waals surface area contributed by atoms with Crippen LogP contribution in [0.3, 0.4) is 0 Å². The van der Waals surface area contributed by atoms with E-state index in [0.29, 0.717) is 12.2 Å². The molecule has 0 heterocycles. The fourth-order valence-corrected chi connectivity index (χ4v) is 1.76. The van der Waals surface area contributed by atoms with Crippen molar-refractivity contribution < 1.29 is 14.3 Å². The number of carbonyl (C=O) groups is 2. The number of hydrogen-bond acceptors (Lipinski definition) is 3. The third-order valence-corrected chi connectivity index (χ3v) is 2.99. The predicted molar refractivity (Wildman–Crippen MR) is 59.4 cm³/mol. The van der Waals surface area contributed by atoms with Gasteiger partial charge in [-0.05, 0) is 37.5 Å². The normalized spacial score (nSPS) is 16.6. The summed E-state index contributed by atoms with van der Waals surface area (Å²) in [4.78, 5) is 22.3. The second kappa shape index (κ2) is 4.08. The molecule has 1 aromatic rings. The maximum Gasteiger partial charge on any atom is 0.338 e. The Morgan fingerprint density at radius 2 is 2.00 bits per heavy atom. The van der Waals surface area contributed by atoms with Gasteiger partial charge in [0.25, 0.3) is 0 Å². The van der Waals surface area contributed by atoms with Crippen LogP contribution in [0, 0.1) is 0 Å². The molecular formula is C13H14O3. The summed E-state index contributed by atoms with van der Waals surface area (Å²) < 4.78 is 4.89. The Balaban J connectivity index is 2.17. The second-order valence-corrected chi connectivity index (χ2v) is 4.07. The number of rotatable bonds is 4. The molecule has 0 atom stereocenters. The number of esters is 1. The van der Waals surface area contributed by atoms with E-state index in [2.05, 4.69) is 0 Å². The van der Waals surface area contributed by atoms with Crippen molar-refractivity contribution in [1.29, 1.82) is 0 Å². The van der Waals surface area contributed by atoms with E-state index in [4.69, 9.17) is 4.74 Å². The predicted octanol–water partition coefficient (Wildman–Crippen LogP) is 2.09. The van der Waals surface area contributed by atoms with E-state index >= 15 is 0 Å². The fraction of sp³-hybridized carbons (Fsp3) is 0.385. The summed E-state index contributed by atoms with van der Waals surface area (Å²) in [6.45, 7) is 2.15. The summed E-state index contributed by atoms with van der Waals surface area (Å²) in [5.74, 6) is -0.315. The van der Waals surface area contributed by atoms with Gasteiger partial charge >= 0.3 is 5.97 Å². The molecule has 84 valence electrons. The highest BCUT2D eigenvalue weighted by Crippen LogP contribution is 2.46. The molecule has 1 aromatic carbocycles. The van der Waals surface area contributed by atoms with Gasteiger partial charge in [-0.2, -0.15) is 0 Å². The van der Waals surface area contributed by atoms with Crippen molar-refractivity contribution in [2.24, 2.45) is 0 Å². The standard InChI is InChI=1S/C13H14O3/c1-2-16-12(15)10-3-5-11(6-4-10)13(9-14)7-8-13/h3-6,9H,2,7-8H2,1H3. The minimum atomic E-state index is -0.315. The van der Waals surface area contributed by atoms with Gasteiger partial charge in [0, 0.05) is 0 Å². The zero-order chi connectivity index (χ0) is 11.6. The molecule has 0 spiro atoms. The van der Waals surface area contributed by atoms with Crippen LogP contribution in [0.4, 0.5) is 0 Å². The van der Waals surface area contributed by atoms with Crippen LogP contribution in [0.2, 0.25) is 0 Å². The SMILES string of the molecule is CCOC(=O)c1ccc(C2(C=O)CC2)cc1. The molecule has 3 nitrogen and oxygen atoms in total. The number of hydrogen-bond donors (Lipinski definition) is 0. The highest BCUT2D eigenvalue weighted by Gasteiger charge is 2.44. The van der Waals surface area contributed by atoms with Gasteiger partial charge in [0.2, 0.25) is 0 Å². The van der Waals surface area contributed by atoms with Gasteiger partial charge in [0.1, 0.15) is 6.29 Å². The molecule has 0 unspecified atom stereocenters. The van der Waals surface area contributed by atoms with E-state index in [0.717, 1.165) is 24.7 Å². The zero-order valence-corrected chi connectivity index (χ0v) is 9.23. The van der Waals surface area contributed by atoms with Crippen LogP contribution in [-0.2, 0) is 14.9 Å². The molecule has 0 aliphatic heterocycles. The molecule has 0 bridgehead atoms. The van der Waals surface area contributed by atoms with Crippen molar-refractivity contribution in [3.8, 4) is 0 Å². The first kappa shape index (κ1) is 10.9. The Morgan fingerprint density at radius 1 is 1.38 bits per heavy atom. The van der Waals surface area contributed by atoms with Crippen LogP contribution in [0.1, 0.15) is 35.7 Å². The summed E-state index contributed by atoms with van der Waals surface area (Å²) in [7, 11) is 0. The first-order valence-electron chi connectivity index (χ1n) is 5.46. The molecule has 0 N–H and O–H groups in total. The molecule has 1 aliphatic rings. The third-order valence-electron chi connectivity index (χ3n) is 2.99. The first-order chi connectivity index (χ1) is 7.72. The van der Waals surface area contributed by atoms with Crippen LogP contribution in [0.15, 0.2) is 24.3 Å². The number of carbonyl (C=O) groups excluding carboxylic acids is 2. The smallest absolute Gasteiger partial charge is 0.338 e. The average molecular weight is 218 g/mol. The Kier molecular flexibility index (Phi) is 2.77. The minimum absolute atomic E-state index is 0.271. The lowest BCUT2D eigenvalue weighted by atomic mass is 9.97. The molecule has 3 heteroatoms. The molecule has 1 aliphatic carbocycles. The summed E-state index contributed by atoms with van der Waals surface area (Å²) in [5.41, 5.74) is 1.26. The molecule has 1 fully saturated rings. The fourth-order valence-electron chi connectivity index (χ4n) is 1.76. The third kappa shape index (κ3) is 1.85. The number of benzene rings is 1. The Bertz CT molecular complexity index is 402. The summed E-state index contributed by atoms with van der Waals surface area (Å²) in [6, 6.07) is 7.12. The lowest BCUT2D eigenvalue weighted by Crippen LogP contribution is -2.09. The highest BCUT2D eigenvalue weighted by molar-refractivity contribution is 5.89. The van der Waals surface area contributed by atoms with Gasteiger partial charge in [0.05, 0.1) is 17.6 Å². The van der Waals surface area contributed by atoms with E-state index in [1.165, 1.54) is 0 Å². The topological polar surface area (TPSA) is 43.4 Å². The Morgan fingerprint density at radius 3 is 2.44 bits per heavy atom. The lowest BCUT2D eigenvalue weighted by Gasteiger charge is -2.08. The van der Waals surface area contributed by atoms with Gasteiger partial charge in [-0.15, -0.1) is 0 Å². The Hall–Kier alpha value is -1.64. The van der Waals surface area contributed by atoms with Crippen molar-refractivity contribution >= 4 is 12.3 Å². The van der Waals surface area contributed by atoms with E-state index in [9.17, 15) is 9.59 Å². The van der Waals surface area contributed by atoms with E-state index in [1.54, 1.807) is 19.1 Å². The van der Waals surface area contributed by atoms with Crippen molar-refractivity contribution in [1.82, 2.24) is 0 Å². The van der Waals surface area contributed by atoms with Crippen LogP contribution in [0.25, 0.3) is 0 Å². The van der Waals surface area contributed by atoms with Crippen molar-refractivity contribution in [3.05, 3.63) is 35.4 Å². The maximum atomic E-state index is 11.4. The molecule has 0 aromatic heterocycles. The maximum absolute atomic E-state index is 11.4. The van der Waals surface area contributed by atoms with Crippen LogP contribution in [-0.4, -0.2) is 18.9 Å². The molecule has 0 radical (unpaired) electrons. The number of aldehydes is 1. The summed E-state index contributed by atoms with van der Waals surface area (Å²) in [5, 5.41) is 0. The Labute approximate surface area is 94.4 Å². The van der Waals surface area contributed by atoms with Crippen molar-refractivity contribution in [2.45, 2.75) is 25.2 Å². The van der Waals surface area contributed by atoms with Crippen LogP contribution >= 0.6 is 0 Å². The monoisotopic (exact) mass is 218 g/mol. The van der Waals surface area contributed by atoms with Crippen LogP contribution < -0.4 is 0 Å². The molecule has 0 amide bonds. The van der Waals surface area contributed by atoms with E-state index in [-0.39, 0.29) is 11.4 Å². The van der Waals surface area contributed by atoms with Crippen molar-refractivity contribution in [2.75, 3.05) is 6.61 Å². The summed E-state index contributed by atoms with van der Waals surface area (Å²) >= 11 is 0. The molecule has 16 heavy (non-hydrogen) atoms. The van der Waals surface area contributed by atoms with Gasteiger partial charge in [0.15, 0.2) is 0 Å². The first-order valence-corrected chi connectivity index (χ1v) is 5.46. The quantitative estimate of drug-likeness (QED) is 0.574. The number of ether oxygens (including phenoxy) is 1. The minimum Gasteiger partial charge on any atom is -0.462 e. The van der Waals surface area contributed by atoms with Gasteiger partial charge in [-0.3, -0.25) is 0 Å². The lowest BCUT2D eigenvalue weighted by molar-refractivity contribution is -0.109. The van der Waals surface area contributed by atoms with E-state index < -0.39 is 0 Å². The van der Waals surface area contributed by atoms with Gasteiger partial charge < -0.3 is 9.53 Å². The van der Waals surface area contributed by atoms with E-state index in [1.807, 2.05) is 12.1 Å². The largest absolute Gasteiger partial charge is 0.462 e. The molecule has 0 saturated heterocycles. The van der Waals surface area contributed by atoms with Gasteiger partial charge in [-0.1, -0.05) is 12.1 Å². The summed E-state index contributed by atoms with van der Waals surface area (Å²) in [6.07, 6.45) is 2.83.